The number of ether oxygens (including phenoxy) is 2. The first kappa shape index (κ1) is 15.0. The van der Waals surface area contributed by atoms with Crippen LogP contribution >= 0.6 is 0 Å². The Hall–Kier alpha value is -0.940. The van der Waals surface area contributed by atoms with Gasteiger partial charge in [-0.05, 0) is 26.1 Å². The zero-order valence-electron chi connectivity index (χ0n) is 13.0. The van der Waals surface area contributed by atoms with Gasteiger partial charge >= 0.3 is 0 Å². The number of rotatable bonds is 4. The molecule has 1 N–H and O–H groups in total. The topological polar surface area (TPSA) is 33.7 Å². The Morgan fingerprint density at radius 1 is 1.24 bits per heavy atom. The molecule has 116 valence electrons. The Morgan fingerprint density at radius 2 is 1.95 bits per heavy atom. The van der Waals surface area contributed by atoms with Gasteiger partial charge in [0.25, 0.3) is 0 Å². The molecule has 2 fully saturated rings. The summed E-state index contributed by atoms with van der Waals surface area (Å²) < 4.78 is 11.9. The largest absolute Gasteiger partial charge is 0.347 e. The number of benzene rings is 1. The first-order chi connectivity index (χ1) is 10.2. The number of nitrogens with one attached hydrogen (secondary N) is 1. The van der Waals surface area contributed by atoms with Crippen molar-refractivity contribution in [3.63, 3.8) is 0 Å². The van der Waals surface area contributed by atoms with Gasteiger partial charge in [-0.15, -0.1) is 0 Å². The van der Waals surface area contributed by atoms with Crippen LogP contribution in [-0.2, 0) is 16.0 Å². The van der Waals surface area contributed by atoms with E-state index in [0.717, 1.165) is 39.0 Å². The lowest BCUT2D eigenvalue weighted by atomic mass is 9.84. The lowest BCUT2D eigenvalue weighted by Crippen LogP contribution is -2.56. The Morgan fingerprint density at radius 3 is 2.62 bits per heavy atom. The van der Waals surface area contributed by atoms with Crippen molar-refractivity contribution in [2.24, 2.45) is 0 Å². The fourth-order valence-electron chi connectivity index (χ4n) is 3.68. The highest BCUT2D eigenvalue weighted by molar-refractivity contribution is 5.14. The summed E-state index contributed by atoms with van der Waals surface area (Å²) in [4.78, 5) is 2.43. The van der Waals surface area contributed by atoms with Crippen molar-refractivity contribution in [1.29, 1.82) is 0 Å². The third kappa shape index (κ3) is 3.29. The molecule has 2 aliphatic rings. The first-order valence-corrected chi connectivity index (χ1v) is 7.92. The fourth-order valence-corrected chi connectivity index (χ4v) is 3.68. The highest BCUT2D eigenvalue weighted by Crippen LogP contribution is 2.37. The number of nitrogens with zero attached hydrogens (tertiary/aromatic N) is 1. The SMILES string of the molecule is CNC1CCC2(CC1N(C)Cc1ccccc1)OCCO2. The van der Waals surface area contributed by atoms with E-state index in [1.54, 1.807) is 0 Å². The van der Waals surface area contributed by atoms with Crippen molar-refractivity contribution in [3.8, 4) is 0 Å². The van der Waals surface area contributed by atoms with Crippen molar-refractivity contribution < 1.29 is 9.47 Å². The second-order valence-corrected chi connectivity index (χ2v) is 6.21. The predicted molar refractivity (Wildman–Crippen MR) is 83.0 cm³/mol. The van der Waals surface area contributed by atoms with Gasteiger partial charge in [0.1, 0.15) is 0 Å². The van der Waals surface area contributed by atoms with E-state index in [2.05, 4.69) is 54.6 Å². The maximum Gasteiger partial charge on any atom is 0.170 e. The highest BCUT2D eigenvalue weighted by atomic mass is 16.7. The summed E-state index contributed by atoms with van der Waals surface area (Å²) in [6, 6.07) is 11.6. The Labute approximate surface area is 127 Å². The normalized spacial score (nSPS) is 28.3. The van der Waals surface area contributed by atoms with Crippen molar-refractivity contribution in [3.05, 3.63) is 35.9 Å². The average molecular weight is 290 g/mol. The van der Waals surface area contributed by atoms with Crippen LogP contribution in [-0.4, -0.2) is 50.1 Å². The zero-order valence-corrected chi connectivity index (χ0v) is 13.0. The zero-order chi connectivity index (χ0) is 14.7. The standard InChI is InChI=1S/C17H26N2O2/c1-18-15-8-9-17(20-10-11-21-17)12-16(15)19(2)13-14-6-4-3-5-7-14/h3-7,15-16,18H,8-13H2,1-2H3. The van der Waals surface area contributed by atoms with Crippen molar-refractivity contribution in [2.75, 3.05) is 27.3 Å². The van der Waals surface area contributed by atoms with Crippen LogP contribution in [0.2, 0.25) is 0 Å². The summed E-state index contributed by atoms with van der Waals surface area (Å²) in [6.07, 6.45) is 3.04. The molecule has 1 aromatic rings. The molecule has 0 aromatic heterocycles. The predicted octanol–water partition coefficient (Wildman–Crippen LogP) is 2.00. The van der Waals surface area contributed by atoms with E-state index >= 15 is 0 Å². The molecule has 1 aliphatic heterocycles. The molecule has 1 spiro atoms. The Bertz CT molecular complexity index is 445. The molecule has 2 atom stereocenters. The molecule has 0 radical (unpaired) electrons. The van der Waals surface area contributed by atoms with Crippen LogP contribution in [0.1, 0.15) is 24.8 Å². The van der Waals surface area contributed by atoms with Gasteiger partial charge in [-0.1, -0.05) is 30.3 Å². The number of hydrogen-bond acceptors (Lipinski definition) is 4. The third-order valence-electron chi connectivity index (χ3n) is 4.85. The van der Waals surface area contributed by atoms with Crippen LogP contribution in [0.3, 0.4) is 0 Å². The van der Waals surface area contributed by atoms with Gasteiger partial charge in [0.05, 0.1) is 13.2 Å². The Balaban J connectivity index is 1.70. The molecule has 3 rings (SSSR count). The van der Waals surface area contributed by atoms with Gasteiger partial charge in [-0.3, -0.25) is 4.90 Å². The molecule has 1 saturated carbocycles. The summed E-state index contributed by atoms with van der Waals surface area (Å²) in [5, 5.41) is 3.47. The van der Waals surface area contributed by atoms with Crippen LogP contribution in [0.4, 0.5) is 0 Å². The van der Waals surface area contributed by atoms with E-state index < -0.39 is 0 Å². The second kappa shape index (κ2) is 6.44. The van der Waals surface area contributed by atoms with Crippen molar-refractivity contribution in [1.82, 2.24) is 10.2 Å². The monoisotopic (exact) mass is 290 g/mol. The summed E-state index contributed by atoms with van der Waals surface area (Å²) >= 11 is 0. The van der Waals surface area contributed by atoms with Crippen LogP contribution in [0.5, 0.6) is 0 Å². The summed E-state index contributed by atoms with van der Waals surface area (Å²) in [5.74, 6) is -0.330. The van der Waals surface area contributed by atoms with Crippen LogP contribution in [0.15, 0.2) is 30.3 Å². The van der Waals surface area contributed by atoms with Gasteiger partial charge in [-0.25, -0.2) is 0 Å². The van der Waals surface area contributed by atoms with Crippen LogP contribution in [0.25, 0.3) is 0 Å². The molecule has 4 nitrogen and oxygen atoms in total. The average Bonchev–Trinajstić information content (AvgIpc) is 2.96. The molecule has 2 unspecified atom stereocenters. The van der Waals surface area contributed by atoms with Gasteiger partial charge in [0.2, 0.25) is 0 Å². The van der Waals surface area contributed by atoms with E-state index in [-0.39, 0.29) is 5.79 Å². The van der Waals surface area contributed by atoms with Gasteiger partial charge < -0.3 is 14.8 Å². The molecule has 0 amide bonds. The molecular weight excluding hydrogens is 264 g/mol. The van der Waals surface area contributed by atoms with Crippen molar-refractivity contribution in [2.45, 2.75) is 43.7 Å². The maximum absolute atomic E-state index is 5.93. The van der Waals surface area contributed by atoms with E-state index in [9.17, 15) is 0 Å². The number of hydrogen-bond donors (Lipinski definition) is 1. The molecule has 1 saturated heterocycles. The maximum atomic E-state index is 5.93. The van der Waals surface area contributed by atoms with E-state index in [0.29, 0.717) is 12.1 Å². The third-order valence-corrected chi connectivity index (χ3v) is 4.85. The van der Waals surface area contributed by atoms with E-state index in [1.807, 2.05) is 0 Å². The summed E-state index contributed by atoms with van der Waals surface area (Å²) in [6.45, 7) is 2.43. The fraction of sp³-hybridized carbons (Fsp3) is 0.647. The summed E-state index contributed by atoms with van der Waals surface area (Å²) in [7, 11) is 4.26. The van der Waals surface area contributed by atoms with E-state index in [1.165, 1.54) is 5.56 Å². The molecule has 4 heteroatoms. The van der Waals surface area contributed by atoms with Crippen molar-refractivity contribution >= 4 is 0 Å². The summed E-state index contributed by atoms with van der Waals surface area (Å²) in [5.41, 5.74) is 1.35. The minimum absolute atomic E-state index is 0.330. The molecule has 0 bridgehead atoms. The minimum Gasteiger partial charge on any atom is -0.347 e. The van der Waals surface area contributed by atoms with Gasteiger partial charge in [0, 0.05) is 31.5 Å². The molecule has 1 heterocycles. The molecule has 1 aliphatic carbocycles. The lowest BCUT2D eigenvalue weighted by molar-refractivity contribution is -0.192. The molecule has 21 heavy (non-hydrogen) atoms. The van der Waals surface area contributed by atoms with Gasteiger partial charge in [-0.2, -0.15) is 0 Å². The quantitative estimate of drug-likeness (QED) is 0.919. The molecule has 1 aromatic carbocycles. The Kier molecular flexibility index (Phi) is 4.60. The highest BCUT2D eigenvalue weighted by Gasteiger charge is 2.45. The van der Waals surface area contributed by atoms with E-state index in [4.69, 9.17) is 9.47 Å². The second-order valence-electron chi connectivity index (χ2n) is 6.21. The minimum atomic E-state index is -0.330. The smallest absolute Gasteiger partial charge is 0.170 e. The molecular formula is C17H26N2O2. The number of likely N-dealkylation sites (N-methyl/N-ethyl adjacent to an activating group) is 2. The van der Waals surface area contributed by atoms with Crippen LogP contribution in [0, 0.1) is 0 Å². The first-order valence-electron chi connectivity index (χ1n) is 7.92. The lowest BCUT2D eigenvalue weighted by Gasteiger charge is -2.44. The van der Waals surface area contributed by atoms with Crippen LogP contribution < -0.4 is 5.32 Å². The van der Waals surface area contributed by atoms with Gasteiger partial charge in [0.15, 0.2) is 5.79 Å².